The van der Waals surface area contributed by atoms with E-state index >= 15 is 0 Å². The molecule has 0 amide bonds. The summed E-state index contributed by atoms with van der Waals surface area (Å²) >= 11 is 0. The Labute approximate surface area is 136 Å². The van der Waals surface area contributed by atoms with Gasteiger partial charge in [0, 0.05) is 10.9 Å². The molecular weight excluding hydrogens is 306 g/mol. The van der Waals surface area contributed by atoms with Crippen LogP contribution in [0.2, 0.25) is 0 Å². The van der Waals surface area contributed by atoms with Gasteiger partial charge in [0.15, 0.2) is 5.65 Å². The molecular formula is C17H13N5O2. The lowest BCUT2D eigenvalue weighted by Crippen LogP contribution is -2.02. The number of hydrogen-bond donors (Lipinski definition) is 1. The summed E-state index contributed by atoms with van der Waals surface area (Å²) in [5, 5.41) is 22.5. The summed E-state index contributed by atoms with van der Waals surface area (Å²) in [6.07, 6.45) is 3.41. The third-order valence-electron chi connectivity index (χ3n) is 3.92. The molecule has 0 fully saturated rings. The number of aromatic carboxylic acids is 1. The molecule has 7 heteroatoms. The highest BCUT2D eigenvalue weighted by molar-refractivity contribution is 6.06. The molecule has 24 heavy (non-hydrogen) atoms. The van der Waals surface area contributed by atoms with Crippen molar-refractivity contribution in [3.8, 4) is 11.3 Å². The summed E-state index contributed by atoms with van der Waals surface area (Å²) in [5.41, 5.74) is 4.70. The van der Waals surface area contributed by atoms with Gasteiger partial charge >= 0.3 is 5.97 Å². The minimum Gasteiger partial charge on any atom is -0.478 e. The summed E-state index contributed by atoms with van der Waals surface area (Å²) in [6, 6.07) is 6.99. The Morgan fingerprint density at radius 1 is 1.21 bits per heavy atom. The highest BCUT2D eigenvalue weighted by Gasteiger charge is 2.16. The molecule has 0 spiro atoms. The molecule has 0 aliphatic heterocycles. The van der Waals surface area contributed by atoms with Crippen LogP contribution in [0.1, 0.15) is 21.6 Å². The van der Waals surface area contributed by atoms with Crippen LogP contribution in [0.4, 0.5) is 0 Å². The quantitative estimate of drug-likeness (QED) is 0.610. The van der Waals surface area contributed by atoms with Gasteiger partial charge in [-0.15, -0.1) is 5.10 Å². The number of carbonyl (C=O) groups is 1. The number of carboxylic acids is 1. The van der Waals surface area contributed by atoms with Crippen LogP contribution in [-0.4, -0.2) is 35.9 Å². The lowest BCUT2D eigenvalue weighted by atomic mass is 10.0. The molecule has 0 aliphatic rings. The number of aromatic nitrogens is 5. The molecule has 0 radical (unpaired) electrons. The fraction of sp³-hybridized carbons (Fsp3) is 0.118. The van der Waals surface area contributed by atoms with Crippen LogP contribution in [0.5, 0.6) is 0 Å². The number of carboxylic acid groups (broad SMARTS) is 1. The van der Waals surface area contributed by atoms with Crippen LogP contribution in [0.25, 0.3) is 27.8 Å². The number of benzene rings is 1. The number of nitrogens with zero attached hydrogens (tertiary/aromatic N) is 5. The standard InChI is InChI=1S/C17H13N5O2/c1-9-7-14(21-22-8-10(2)19-16(9)22)11-3-4-13(17(23)24)15-12(11)5-6-18-20-15/h3-8H,1-2H3,(H,23,24). The van der Waals surface area contributed by atoms with Gasteiger partial charge < -0.3 is 5.11 Å². The molecule has 1 N–H and O–H groups in total. The van der Waals surface area contributed by atoms with Crippen LogP contribution in [0.3, 0.4) is 0 Å². The fourth-order valence-corrected chi connectivity index (χ4v) is 2.86. The fourth-order valence-electron chi connectivity index (χ4n) is 2.86. The summed E-state index contributed by atoms with van der Waals surface area (Å²) in [5.74, 6) is -1.03. The van der Waals surface area contributed by atoms with E-state index in [-0.39, 0.29) is 5.56 Å². The second-order valence-electron chi connectivity index (χ2n) is 5.62. The molecule has 4 rings (SSSR count). The molecule has 118 valence electrons. The Balaban J connectivity index is 2.04. The third kappa shape index (κ3) is 2.10. The topological polar surface area (TPSA) is 93.3 Å². The zero-order valence-electron chi connectivity index (χ0n) is 13.1. The van der Waals surface area contributed by atoms with E-state index in [0.29, 0.717) is 10.9 Å². The van der Waals surface area contributed by atoms with E-state index < -0.39 is 5.97 Å². The van der Waals surface area contributed by atoms with Gasteiger partial charge in [-0.05, 0) is 37.6 Å². The average Bonchev–Trinajstić information content (AvgIpc) is 2.94. The first-order valence-electron chi connectivity index (χ1n) is 7.36. The highest BCUT2D eigenvalue weighted by Crippen LogP contribution is 2.29. The molecule has 3 aromatic heterocycles. The number of rotatable bonds is 2. The second kappa shape index (κ2) is 5.09. The lowest BCUT2D eigenvalue weighted by molar-refractivity contribution is 0.0699. The average molecular weight is 319 g/mol. The third-order valence-corrected chi connectivity index (χ3v) is 3.92. The van der Waals surface area contributed by atoms with Crippen molar-refractivity contribution >= 4 is 22.5 Å². The summed E-state index contributed by atoms with van der Waals surface area (Å²) in [6.45, 7) is 3.89. The van der Waals surface area contributed by atoms with Gasteiger partial charge in [0.1, 0.15) is 5.52 Å². The van der Waals surface area contributed by atoms with E-state index in [4.69, 9.17) is 0 Å². The maximum atomic E-state index is 11.4. The van der Waals surface area contributed by atoms with Gasteiger partial charge in [0.25, 0.3) is 0 Å². The molecule has 4 aromatic rings. The Kier molecular flexibility index (Phi) is 3.02. The van der Waals surface area contributed by atoms with Crippen LogP contribution in [0.15, 0.2) is 36.7 Å². The van der Waals surface area contributed by atoms with Crippen molar-refractivity contribution in [1.29, 1.82) is 0 Å². The van der Waals surface area contributed by atoms with Gasteiger partial charge in [-0.2, -0.15) is 10.2 Å². The number of aryl methyl sites for hydroxylation is 2. The first-order valence-corrected chi connectivity index (χ1v) is 7.36. The Morgan fingerprint density at radius 2 is 2.04 bits per heavy atom. The SMILES string of the molecule is Cc1cn2nc(-c3ccc(C(=O)O)c4nnccc34)cc(C)c2n1. The minimum atomic E-state index is -1.03. The van der Waals surface area contributed by atoms with Gasteiger partial charge in [0.2, 0.25) is 0 Å². The predicted molar refractivity (Wildman–Crippen MR) is 88.0 cm³/mol. The zero-order chi connectivity index (χ0) is 16.8. The van der Waals surface area contributed by atoms with E-state index in [2.05, 4.69) is 20.3 Å². The monoisotopic (exact) mass is 319 g/mol. The maximum absolute atomic E-state index is 11.4. The van der Waals surface area contributed by atoms with Crippen LogP contribution in [0, 0.1) is 13.8 Å². The zero-order valence-corrected chi connectivity index (χ0v) is 13.1. The van der Waals surface area contributed by atoms with Crippen molar-refractivity contribution in [3.05, 3.63) is 53.5 Å². The van der Waals surface area contributed by atoms with Crippen LogP contribution >= 0.6 is 0 Å². The number of hydrogen-bond acceptors (Lipinski definition) is 5. The predicted octanol–water partition coefficient (Wildman–Crippen LogP) is 2.65. The molecule has 3 heterocycles. The molecule has 0 aliphatic carbocycles. The molecule has 0 unspecified atom stereocenters. The summed E-state index contributed by atoms with van der Waals surface area (Å²) in [4.78, 5) is 15.8. The van der Waals surface area contributed by atoms with E-state index in [1.165, 1.54) is 6.07 Å². The Morgan fingerprint density at radius 3 is 2.83 bits per heavy atom. The number of fused-ring (bicyclic) bond motifs is 2. The highest BCUT2D eigenvalue weighted by atomic mass is 16.4. The van der Waals surface area contributed by atoms with Crippen molar-refractivity contribution in [2.45, 2.75) is 13.8 Å². The van der Waals surface area contributed by atoms with Crippen LogP contribution < -0.4 is 0 Å². The van der Waals surface area contributed by atoms with Gasteiger partial charge in [-0.25, -0.2) is 14.3 Å². The molecule has 0 atom stereocenters. The first kappa shape index (κ1) is 14.3. The second-order valence-corrected chi connectivity index (χ2v) is 5.62. The lowest BCUT2D eigenvalue weighted by Gasteiger charge is -2.09. The van der Waals surface area contributed by atoms with Gasteiger partial charge in [-0.3, -0.25) is 0 Å². The Hall–Kier alpha value is -3.35. The van der Waals surface area contributed by atoms with Gasteiger partial charge in [0.05, 0.1) is 29.3 Å². The first-order chi connectivity index (χ1) is 11.5. The smallest absolute Gasteiger partial charge is 0.337 e. The van der Waals surface area contributed by atoms with E-state index in [1.54, 1.807) is 22.8 Å². The van der Waals surface area contributed by atoms with Crippen molar-refractivity contribution < 1.29 is 9.90 Å². The summed E-state index contributed by atoms with van der Waals surface area (Å²) < 4.78 is 1.74. The minimum absolute atomic E-state index is 0.123. The van der Waals surface area contributed by atoms with E-state index in [0.717, 1.165) is 28.2 Å². The molecule has 0 saturated carbocycles. The van der Waals surface area contributed by atoms with Crippen molar-refractivity contribution in [2.24, 2.45) is 0 Å². The summed E-state index contributed by atoms with van der Waals surface area (Å²) in [7, 11) is 0. The van der Waals surface area contributed by atoms with Crippen LogP contribution in [-0.2, 0) is 0 Å². The molecule has 0 saturated heterocycles. The van der Waals surface area contributed by atoms with Crippen molar-refractivity contribution in [3.63, 3.8) is 0 Å². The largest absolute Gasteiger partial charge is 0.478 e. The maximum Gasteiger partial charge on any atom is 0.337 e. The van der Waals surface area contributed by atoms with Crippen molar-refractivity contribution in [2.75, 3.05) is 0 Å². The molecule has 7 nitrogen and oxygen atoms in total. The van der Waals surface area contributed by atoms with E-state index in [1.807, 2.05) is 26.1 Å². The van der Waals surface area contributed by atoms with E-state index in [9.17, 15) is 9.90 Å². The van der Waals surface area contributed by atoms with Crippen molar-refractivity contribution in [1.82, 2.24) is 24.8 Å². The Bertz CT molecular complexity index is 1120. The molecule has 0 bridgehead atoms. The molecule has 1 aromatic carbocycles. The van der Waals surface area contributed by atoms with Gasteiger partial charge in [-0.1, -0.05) is 6.07 Å². The normalized spacial score (nSPS) is 11.2. The number of imidazole rings is 1.